The molecule has 4 saturated heterocycles. The average molecular weight is 2050 g/mol. The second-order valence-corrected chi connectivity index (χ2v) is 37.1. The van der Waals surface area contributed by atoms with Crippen molar-refractivity contribution in [2.45, 2.75) is 147 Å². The molecule has 0 aliphatic carbocycles. The molecule has 4 fully saturated rings. The summed E-state index contributed by atoms with van der Waals surface area (Å²) in [7, 11) is 5.96. The molecule has 8 aliphatic heterocycles. The van der Waals surface area contributed by atoms with Crippen LogP contribution in [0.4, 0.5) is 22.7 Å². The Kier molecular flexibility index (Phi) is 40.0. The van der Waals surface area contributed by atoms with E-state index in [4.69, 9.17) is 56.8 Å². The maximum Gasteiger partial charge on any atom is 0.257 e. The van der Waals surface area contributed by atoms with Crippen LogP contribution in [0.5, 0.6) is 46.0 Å². The molecule has 8 aliphatic rings. The fraction of sp³-hybridized carbons (Fsp3) is 0.520. The summed E-state index contributed by atoms with van der Waals surface area (Å²) in [5, 5.41) is 16.4. The van der Waals surface area contributed by atoms with Crippen LogP contribution in [0.3, 0.4) is 0 Å². The molecule has 13 amide bonds. The molecule has 6 atom stereocenters. The smallest absolute Gasteiger partial charge is 0.257 e. The van der Waals surface area contributed by atoms with Gasteiger partial charge in [-0.3, -0.25) is 72.3 Å². The van der Waals surface area contributed by atoms with E-state index < -0.39 is 102 Å². The van der Waals surface area contributed by atoms with Gasteiger partial charge in [0.15, 0.2) is 46.0 Å². The number of hydrogen-bond acceptors (Lipinski definition) is 27. The van der Waals surface area contributed by atoms with Crippen molar-refractivity contribution in [2.75, 3.05) is 196 Å². The van der Waals surface area contributed by atoms with Crippen LogP contribution in [-0.4, -0.2) is 336 Å². The molecule has 41 heteroatoms. The summed E-state index contributed by atoms with van der Waals surface area (Å²) in [4.78, 5) is 199. The van der Waals surface area contributed by atoms with Gasteiger partial charge in [-0.25, -0.2) is 0 Å². The number of rotatable bonds is 54. The quantitative estimate of drug-likeness (QED) is 0.0141. The first-order valence-electron chi connectivity index (χ1n) is 48.4. The lowest BCUT2D eigenvalue weighted by Gasteiger charge is -2.27. The van der Waals surface area contributed by atoms with Gasteiger partial charge in [-0.2, -0.15) is 0 Å². The molecule has 40 nitrogen and oxygen atoms in total. The Labute approximate surface area is 840 Å². The predicted molar refractivity (Wildman–Crippen MR) is 534 cm³/mol. The van der Waals surface area contributed by atoms with E-state index in [2.05, 4.69) is 84.1 Å². The Bertz CT molecular complexity index is 5490. The Morgan fingerprint density at radius 2 is 0.776 bits per heavy atom. The summed E-state index contributed by atoms with van der Waals surface area (Å²) in [5.74, 6) is -3.33. The molecule has 0 bridgehead atoms. The highest BCUT2D eigenvalue weighted by Crippen LogP contribution is 2.45. The van der Waals surface area contributed by atoms with E-state index in [1.165, 1.54) is 54.2 Å². The molecule has 4 aromatic carbocycles. The molecule has 143 heavy (non-hydrogen) atoms. The monoisotopic (exact) mass is 2050 g/mol. The first-order valence-corrected chi connectivity index (χ1v) is 49.3. The number of hydrogen-bond donors (Lipinski definition) is 6. The summed E-state index contributed by atoms with van der Waals surface area (Å²) in [6.45, 7) is 25.7. The van der Waals surface area contributed by atoms with Crippen LogP contribution in [-0.2, 0) is 62.1 Å². The first kappa shape index (κ1) is 109. The van der Waals surface area contributed by atoms with Gasteiger partial charge in [0.25, 0.3) is 23.6 Å². The number of benzene rings is 4. The Hall–Kier alpha value is -13.3. The standard InChI is InChI=1S/C102H132BrN15O25/c1-62(2)95(97(126)108-53-93(124)117-59-70-41-66(7)57-115(70)101(130)74-45-82(134-11)86(49-78(74)117)142-29-17-13-15-27-140-84-47-76-72(43-80(84)132-9)99(128)113-55-64(5)39-68(113)51-106-76)110-89(120)21-31-136-35-37-138-33-24-104-88(119)20-26-112(92(123)19-23-103)61-91(122)105-25-34-139-38-36-137-32-22-90(121)111-96(63(3)4)98(127)109-54-94(125)118-60-71-42-67(8)58-116(71)102(131)75-46-83(135-12)87(50-79(75)118)143-30-18-14-16-28-141-85-48-77-73(44-81(85)133-10)100(129)114-56-65(6)40-69(114)52-107-77/h19,23,43-52,62-63,68-71,95-96H,5-8,13-18,20-22,24-42,53-61H2,1-4,9-12H3,(H,104,119)(H,105,122)(H,108,126)(H,109,127)(H,110,120)(H,111,121)/b23-19+/t68-,69-,70-,71-,95?,96?/m0/s1. The van der Waals surface area contributed by atoms with Crippen LogP contribution in [0.25, 0.3) is 0 Å². The van der Waals surface area contributed by atoms with Crippen molar-refractivity contribution < 1.29 is 119 Å². The molecule has 8 heterocycles. The van der Waals surface area contributed by atoms with Crippen molar-refractivity contribution >= 4 is 128 Å². The SMILES string of the molecule is C=C1C[C@H]2CN(C(=O)CNC(=O)C(NC(=O)CCOCCOCCNC(=O)CCN(CC(=O)NCCOCCOCCC(=O)NC(C(=O)NCC(=O)N3C[C@@H]4CC(=C)CN4C(=O)c4cc(OC)c(OCCCCCOc5cc6c(cc5OC)C(=O)N5CC(=C)C[C@H]5C=N6)cc43)C(C)C)C(=O)/C=C/Br)C(C)C)c3cc(OCCCCCOc4cc5c(cc4OC)C(=O)N4CC(=C)C[C@H]4C=N5)c(OC)cc3C(=O)N2C1. The van der Waals surface area contributed by atoms with E-state index in [1.54, 1.807) is 108 Å². The topological polar surface area (TPSA) is 452 Å². The predicted octanol–water partition coefficient (Wildman–Crippen LogP) is 7.61. The number of aliphatic imine (C=N–C) groups is 2. The fourth-order valence-corrected chi connectivity index (χ4v) is 18.1. The highest BCUT2D eigenvalue weighted by molar-refractivity contribution is 9.11. The van der Waals surface area contributed by atoms with Gasteiger partial charge in [0, 0.05) is 121 Å². The van der Waals surface area contributed by atoms with Gasteiger partial charge in [0.05, 0.1) is 197 Å². The number of anilines is 2. The van der Waals surface area contributed by atoms with Gasteiger partial charge in [0.1, 0.15) is 12.1 Å². The molecule has 0 radical (unpaired) electrons. The highest BCUT2D eigenvalue weighted by atomic mass is 79.9. The lowest BCUT2D eigenvalue weighted by atomic mass is 10.0. The number of carbonyl (C=O) groups excluding carboxylic acids is 13. The Morgan fingerprint density at radius 1 is 0.420 bits per heavy atom. The van der Waals surface area contributed by atoms with Crippen LogP contribution >= 0.6 is 15.9 Å². The van der Waals surface area contributed by atoms with Crippen LogP contribution in [0.1, 0.15) is 153 Å². The van der Waals surface area contributed by atoms with Crippen molar-refractivity contribution in [3.8, 4) is 46.0 Å². The third-order valence-corrected chi connectivity index (χ3v) is 25.7. The number of fused-ring (bicyclic) bond motifs is 8. The van der Waals surface area contributed by atoms with Crippen molar-refractivity contribution in [1.82, 2.24) is 56.4 Å². The van der Waals surface area contributed by atoms with Gasteiger partial charge < -0.3 is 123 Å². The second-order valence-electron chi connectivity index (χ2n) is 36.6. The molecule has 12 rings (SSSR count). The zero-order valence-electron chi connectivity index (χ0n) is 82.6. The van der Waals surface area contributed by atoms with Gasteiger partial charge in [-0.05, 0) is 105 Å². The van der Waals surface area contributed by atoms with E-state index in [-0.39, 0.29) is 194 Å². The van der Waals surface area contributed by atoms with Crippen molar-refractivity contribution in [3.63, 3.8) is 0 Å². The molecule has 6 N–H and O–H groups in total. The number of nitrogens with one attached hydrogen (secondary N) is 6. The third-order valence-electron chi connectivity index (χ3n) is 25.4. The van der Waals surface area contributed by atoms with Gasteiger partial charge >= 0.3 is 0 Å². The maximum absolute atomic E-state index is 14.4. The van der Waals surface area contributed by atoms with E-state index in [0.29, 0.717) is 161 Å². The van der Waals surface area contributed by atoms with Crippen LogP contribution in [0.15, 0.2) is 118 Å². The molecule has 772 valence electrons. The third kappa shape index (κ3) is 29.1. The summed E-state index contributed by atoms with van der Waals surface area (Å²) in [6, 6.07) is 10.0. The van der Waals surface area contributed by atoms with Crippen molar-refractivity contribution in [1.29, 1.82) is 0 Å². The number of nitrogens with zero attached hydrogens (tertiary/aromatic N) is 9. The number of methoxy groups -OCH3 is 4. The first-order chi connectivity index (χ1) is 68.9. The molecule has 2 unspecified atom stereocenters. The molecule has 4 aromatic rings. The van der Waals surface area contributed by atoms with E-state index in [1.807, 2.05) is 0 Å². The fourth-order valence-electron chi connectivity index (χ4n) is 17.9. The summed E-state index contributed by atoms with van der Waals surface area (Å²) in [6.07, 6.45) is 10.6. The zero-order chi connectivity index (χ0) is 103. The van der Waals surface area contributed by atoms with Gasteiger partial charge in [-0.15, -0.1) is 0 Å². The summed E-state index contributed by atoms with van der Waals surface area (Å²) < 4.78 is 70.1. The molecular formula is C102H132BrN15O25. The van der Waals surface area contributed by atoms with Crippen LogP contribution < -0.4 is 79.6 Å². The number of halogens is 1. The van der Waals surface area contributed by atoms with E-state index >= 15 is 0 Å². The minimum atomic E-state index is -1.03. The normalized spacial score (nSPS) is 17.6. The van der Waals surface area contributed by atoms with Crippen LogP contribution in [0.2, 0.25) is 0 Å². The number of unbranched alkanes of at least 4 members (excludes halogenated alkanes) is 4. The van der Waals surface area contributed by atoms with Crippen molar-refractivity contribution in [2.24, 2.45) is 21.8 Å². The average Bonchev–Trinajstić information content (AvgIpc) is 1.62. The second kappa shape index (κ2) is 52.7. The Morgan fingerprint density at radius 3 is 1.16 bits per heavy atom. The lowest BCUT2D eigenvalue weighted by Crippen LogP contribution is -2.52. The zero-order valence-corrected chi connectivity index (χ0v) is 84.2. The Balaban J connectivity index is 0.491. The van der Waals surface area contributed by atoms with E-state index in [9.17, 15) is 62.3 Å². The molecule has 0 spiro atoms. The minimum absolute atomic E-state index is 0.0114. The molecule has 0 saturated carbocycles. The maximum atomic E-state index is 14.4. The number of amides is 13. The van der Waals surface area contributed by atoms with Gasteiger partial charge in [-0.1, -0.05) is 92.2 Å². The summed E-state index contributed by atoms with van der Waals surface area (Å²) in [5.41, 5.74) is 6.48. The van der Waals surface area contributed by atoms with Crippen LogP contribution in [0, 0.1) is 11.8 Å². The largest absolute Gasteiger partial charge is 0.493 e. The number of ether oxygens (including phenoxy) is 12. The lowest BCUT2D eigenvalue weighted by molar-refractivity contribution is -0.133. The molecule has 0 aromatic heterocycles. The van der Waals surface area contributed by atoms with Gasteiger partial charge in [0.2, 0.25) is 53.2 Å². The minimum Gasteiger partial charge on any atom is -0.493 e. The number of carbonyl (C=O) groups is 13. The van der Waals surface area contributed by atoms with E-state index in [0.717, 1.165) is 22.3 Å². The highest BCUT2D eigenvalue weighted by Gasteiger charge is 2.44. The summed E-state index contributed by atoms with van der Waals surface area (Å²) >= 11 is 3.09. The molecular weight excluding hydrogens is 1920 g/mol. The van der Waals surface area contributed by atoms with Crippen molar-refractivity contribution in [3.05, 3.63) is 130 Å².